The Balaban J connectivity index is 1.54. The van der Waals surface area contributed by atoms with Gasteiger partial charge in [0, 0.05) is 44.1 Å². The lowest BCUT2D eigenvalue weighted by Gasteiger charge is -2.37. The lowest BCUT2D eigenvalue weighted by atomic mass is 9.94. The van der Waals surface area contributed by atoms with Crippen molar-refractivity contribution in [3.05, 3.63) is 29.8 Å². The predicted octanol–water partition coefficient (Wildman–Crippen LogP) is 5.65. The number of halogens is 1. The molecule has 0 radical (unpaired) electrons. The van der Waals surface area contributed by atoms with E-state index in [1.54, 1.807) is 11.0 Å². The second-order valence-electron chi connectivity index (χ2n) is 11.4. The quantitative estimate of drug-likeness (QED) is 0.495. The van der Waals surface area contributed by atoms with E-state index < -0.39 is 11.8 Å². The number of aromatic nitrogens is 2. The molecule has 2 aliphatic rings. The molecule has 1 saturated heterocycles. The lowest BCUT2D eigenvalue weighted by molar-refractivity contribution is -0.0381. The van der Waals surface area contributed by atoms with E-state index in [0.717, 1.165) is 43.6 Å². The number of hydrogen-bond donors (Lipinski definition) is 1. The van der Waals surface area contributed by atoms with Crippen molar-refractivity contribution in [3.8, 4) is 0 Å². The van der Waals surface area contributed by atoms with Gasteiger partial charge in [-0.1, -0.05) is 26.2 Å². The number of carbonyl (C=O) groups is 1. The van der Waals surface area contributed by atoms with Crippen LogP contribution in [0.3, 0.4) is 0 Å². The largest absolute Gasteiger partial charge is 0.444 e. The number of aryl methyl sites for hydroxylation is 1. The standard InChI is InChI=1S/C28H43FN4O3/c1-5-32(22-11-7-6-8-12-22)25(34)15-17-33-24-14-13-21(29)18-23(24)30-26(33)20-10-9-16-31(19-20)27(35)36-28(2,3)4/h13-14,18,20,22,25,34H,5-12,15-17,19H2,1-4H3. The van der Waals surface area contributed by atoms with Crippen molar-refractivity contribution in [3.63, 3.8) is 0 Å². The molecule has 2 aromatic rings. The third-order valence-electron chi connectivity index (χ3n) is 7.58. The van der Waals surface area contributed by atoms with Gasteiger partial charge in [0.1, 0.15) is 23.5 Å². The van der Waals surface area contributed by atoms with Crippen LogP contribution in [-0.4, -0.2) is 68.1 Å². The molecule has 2 atom stereocenters. The van der Waals surface area contributed by atoms with Gasteiger partial charge in [-0.05, 0) is 65.1 Å². The number of nitrogens with zero attached hydrogens (tertiary/aromatic N) is 4. The number of likely N-dealkylation sites (tertiary alicyclic amines) is 1. The second-order valence-corrected chi connectivity index (χ2v) is 11.4. The van der Waals surface area contributed by atoms with Gasteiger partial charge < -0.3 is 19.3 Å². The lowest BCUT2D eigenvalue weighted by Crippen LogP contribution is -2.44. The van der Waals surface area contributed by atoms with E-state index in [2.05, 4.69) is 16.4 Å². The van der Waals surface area contributed by atoms with Crippen molar-refractivity contribution < 1.29 is 19.0 Å². The van der Waals surface area contributed by atoms with Crippen LogP contribution in [0.15, 0.2) is 18.2 Å². The number of rotatable bonds is 7. The SMILES string of the molecule is CCN(C(O)CCn1c(C2CCCN(C(=O)OC(C)(C)C)C2)nc2cc(F)ccc21)C1CCCCC1. The van der Waals surface area contributed by atoms with Crippen molar-refractivity contribution in [2.75, 3.05) is 19.6 Å². The Morgan fingerprint density at radius 1 is 1.22 bits per heavy atom. The second kappa shape index (κ2) is 11.5. The first-order valence-electron chi connectivity index (χ1n) is 13.7. The van der Waals surface area contributed by atoms with E-state index in [4.69, 9.17) is 9.72 Å². The fraction of sp³-hybridized carbons (Fsp3) is 0.714. The molecule has 0 spiro atoms. The number of aliphatic hydroxyl groups is 1. The number of carbonyl (C=O) groups excluding carboxylic acids is 1. The van der Waals surface area contributed by atoms with Crippen molar-refractivity contribution in [1.82, 2.24) is 19.4 Å². The van der Waals surface area contributed by atoms with E-state index in [-0.39, 0.29) is 17.8 Å². The van der Waals surface area contributed by atoms with Gasteiger partial charge in [0.25, 0.3) is 0 Å². The van der Waals surface area contributed by atoms with Crippen LogP contribution in [-0.2, 0) is 11.3 Å². The highest BCUT2D eigenvalue weighted by Gasteiger charge is 2.32. The minimum Gasteiger partial charge on any atom is -0.444 e. The topological polar surface area (TPSA) is 70.8 Å². The molecular weight excluding hydrogens is 459 g/mol. The summed E-state index contributed by atoms with van der Waals surface area (Å²) >= 11 is 0. The van der Waals surface area contributed by atoms with Crippen LogP contribution in [0.2, 0.25) is 0 Å². The van der Waals surface area contributed by atoms with Crippen LogP contribution in [0.4, 0.5) is 9.18 Å². The minimum atomic E-state index is -0.547. The van der Waals surface area contributed by atoms with Crippen molar-refractivity contribution in [2.24, 2.45) is 0 Å². The molecule has 1 aromatic carbocycles. The maximum absolute atomic E-state index is 14.1. The summed E-state index contributed by atoms with van der Waals surface area (Å²) in [6.07, 6.45) is 7.52. The monoisotopic (exact) mass is 502 g/mol. The van der Waals surface area contributed by atoms with Crippen LogP contribution in [0.1, 0.15) is 90.8 Å². The molecule has 4 rings (SSSR count). The zero-order valence-electron chi connectivity index (χ0n) is 22.4. The van der Waals surface area contributed by atoms with Crippen LogP contribution in [0.5, 0.6) is 0 Å². The molecular formula is C28H43FN4O3. The average Bonchev–Trinajstić information content (AvgIpc) is 3.20. The number of aliphatic hydroxyl groups excluding tert-OH is 1. The highest BCUT2D eigenvalue weighted by atomic mass is 19.1. The van der Waals surface area contributed by atoms with Gasteiger partial charge in [-0.2, -0.15) is 0 Å². The molecule has 36 heavy (non-hydrogen) atoms. The highest BCUT2D eigenvalue weighted by Crippen LogP contribution is 2.31. The number of piperidine rings is 1. The smallest absolute Gasteiger partial charge is 0.410 e. The fourth-order valence-corrected chi connectivity index (χ4v) is 5.88. The molecule has 1 amide bonds. The summed E-state index contributed by atoms with van der Waals surface area (Å²) < 4.78 is 21.8. The number of imidazole rings is 1. The van der Waals surface area contributed by atoms with Crippen LogP contribution >= 0.6 is 0 Å². The zero-order chi connectivity index (χ0) is 25.9. The van der Waals surface area contributed by atoms with Gasteiger partial charge >= 0.3 is 6.09 Å². The maximum Gasteiger partial charge on any atom is 0.410 e. The summed E-state index contributed by atoms with van der Waals surface area (Å²) in [7, 11) is 0. The summed E-state index contributed by atoms with van der Waals surface area (Å²) in [4.78, 5) is 21.6. The molecule has 1 N–H and O–H groups in total. The molecule has 8 heteroatoms. The number of ether oxygens (including phenoxy) is 1. The molecule has 0 bridgehead atoms. The summed E-state index contributed by atoms with van der Waals surface area (Å²) in [6.45, 7) is 10.3. The first-order chi connectivity index (χ1) is 17.2. The van der Waals surface area contributed by atoms with Gasteiger partial charge in [-0.25, -0.2) is 14.2 Å². The predicted molar refractivity (Wildman–Crippen MR) is 139 cm³/mol. The summed E-state index contributed by atoms with van der Waals surface area (Å²) in [5.41, 5.74) is 0.941. The Hall–Kier alpha value is -2.19. The van der Waals surface area contributed by atoms with E-state index in [9.17, 15) is 14.3 Å². The number of hydrogen-bond acceptors (Lipinski definition) is 5. The third kappa shape index (κ3) is 6.38. The molecule has 200 valence electrons. The Bertz CT molecular complexity index is 1030. The van der Waals surface area contributed by atoms with Gasteiger partial charge in [0.05, 0.1) is 11.0 Å². The normalized spacial score (nSPS) is 20.8. The molecule has 1 aromatic heterocycles. The maximum atomic E-state index is 14.1. The number of fused-ring (bicyclic) bond motifs is 1. The minimum absolute atomic E-state index is 0.0273. The first kappa shape index (κ1) is 26.9. The molecule has 2 heterocycles. The van der Waals surface area contributed by atoms with Gasteiger partial charge in [-0.15, -0.1) is 0 Å². The molecule has 1 aliphatic carbocycles. The number of amides is 1. The van der Waals surface area contributed by atoms with Gasteiger partial charge in [0.2, 0.25) is 0 Å². The van der Waals surface area contributed by atoms with E-state index >= 15 is 0 Å². The highest BCUT2D eigenvalue weighted by molar-refractivity contribution is 5.76. The Labute approximate surface area is 214 Å². The van der Waals surface area contributed by atoms with Crippen molar-refractivity contribution in [2.45, 2.75) is 109 Å². The van der Waals surface area contributed by atoms with Gasteiger partial charge in [0.15, 0.2) is 0 Å². The molecule has 1 aliphatic heterocycles. The third-order valence-corrected chi connectivity index (χ3v) is 7.58. The Morgan fingerprint density at radius 2 is 1.97 bits per heavy atom. The van der Waals surface area contributed by atoms with Crippen molar-refractivity contribution in [1.29, 1.82) is 0 Å². The Kier molecular flexibility index (Phi) is 8.56. The van der Waals surface area contributed by atoms with E-state index in [1.807, 2.05) is 20.8 Å². The zero-order valence-corrected chi connectivity index (χ0v) is 22.4. The summed E-state index contributed by atoms with van der Waals surface area (Å²) in [5, 5.41) is 11.2. The molecule has 2 fully saturated rings. The van der Waals surface area contributed by atoms with Crippen molar-refractivity contribution >= 4 is 17.1 Å². The summed E-state index contributed by atoms with van der Waals surface area (Å²) in [6, 6.07) is 5.16. The van der Waals surface area contributed by atoms with Crippen LogP contribution in [0.25, 0.3) is 11.0 Å². The van der Waals surface area contributed by atoms with Crippen LogP contribution < -0.4 is 0 Å². The molecule has 2 unspecified atom stereocenters. The average molecular weight is 503 g/mol. The molecule has 1 saturated carbocycles. The fourth-order valence-electron chi connectivity index (χ4n) is 5.88. The Morgan fingerprint density at radius 3 is 2.67 bits per heavy atom. The van der Waals surface area contributed by atoms with Gasteiger partial charge in [-0.3, -0.25) is 4.90 Å². The van der Waals surface area contributed by atoms with Crippen LogP contribution in [0, 0.1) is 5.82 Å². The van der Waals surface area contributed by atoms with E-state index in [0.29, 0.717) is 37.6 Å². The summed E-state index contributed by atoms with van der Waals surface area (Å²) in [5.74, 6) is 0.573. The first-order valence-corrected chi connectivity index (χ1v) is 13.7. The molecule has 7 nitrogen and oxygen atoms in total. The van der Waals surface area contributed by atoms with E-state index in [1.165, 1.54) is 31.4 Å². The number of benzene rings is 1.